The van der Waals surface area contributed by atoms with E-state index in [2.05, 4.69) is 31.0 Å². The molecule has 1 saturated carbocycles. The fourth-order valence-electron chi connectivity index (χ4n) is 3.56. The first-order valence-electron chi connectivity index (χ1n) is 7.68. The third-order valence-electron chi connectivity index (χ3n) is 5.07. The van der Waals surface area contributed by atoms with Crippen LogP contribution in [-0.2, 0) is 0 Å². The summed E-state index contributed by atoms with van der Waals surface area (Å²) in [6.45, 7) is 10.9. The molecule has 2 heteroatoms. The van der Waals surface area contributed by atoms with Gasteiger partial charge in [0.25, 0.3) is 0 Å². The van der Waals surface area contributed by atoms with E-state index in [-0.39, 0.29) is 0 Å². The van der Waals surface area contributed by atoms with Crippen LogP contribution < -0.4 is 5.32 Å². The molecule has 0 aromatic heterocycles. The Labute approximate surface area is 107 Å². The molecule has 0 aromatic rings. The van der Waals surface area contributed by atoms with Crippen LogP contribution in [-0.4, -0.2) is 36.6 Å². The molecule has 2 fully saturated rings. The molecular weight excluding hydrogens is 208 g/mol. The van der Waals surface area contributed by atoms with Gasteiger partial charge in [-0.05, 0) is 57.0 Å². The quantitative estimate of drug-likeness (QED) is 0.813. The number of hydrogen-bond acceptors (Lipinski definition) is 2. The zero-order chi connectivity index (χ0) is 12.3. The summed E-state index contributed by atoms with van der Waals surface area (Å²) < 4.78 is 0. The van der Waals surface area contributed by atoms with Crippen molar-refractivity contribution in [3.8, 4) is 0 Å². The van der Waals surface area contributed by atoms with E-state index in [0.29, 0.717) is 0 Å². The second kappa shape index (κ2) is 6.19. The molecule has 2 rings (SSSR count). The number of piperidine rings is 1. The average Bonchev–Trinajstić information content (AvgIpc) is 2.34. The summed E-state index contributed by atoms with van der Waals surface area (Å²) in [6.07, 6.45) is 7.02. The second-order valence-electron chi connectivity index (χ2n) is 6.30. The summed E-state index contributed by atoms with van der Waals surface area (Å²) in [6, 6.07) is 1.69. The van der Waals surface area contributed by atoms with Crippen LogP contribution in [0.4, 0.5) is 0 Å². The van der Waals surface area contributed by atoms with Gasteiger partial charge in [-0.2, -0.15) is 0 Å². The predicted octanol–water partition coefficient (Wildman–Crippen LogP) is 2.89. The molecule has 2 atom stereocenters. The Balaban J connectivity index is 1.77. The van der Waals surface area contributed by atoms with Crippen LogP contribution in [0.2, 0.25) is 0 Å². The van der Waals surface area contributed by atoms with Crippen molar-refractivity contribution in [2.24, 2.45) is 11.8 Å². The number of nitrogens with one attached hydrogen (secondary N) is 1. The number of likely N-dealkylation sites (tertiary alicyclic amines) is 1. The van der Waals surface area contributed by atoms with Gasteiger partial charge >= 0.3 is 0 Å². The standard InChI is InChI=1S/C15H30N2/c1-4-16-14-5-7-15(8-6-14)17-10-9-12(2)13(3)11-17/h12-16H,4-11H2,1-3H3. The van der Waals surface area contributed by atoms with Gasteiger partial charge in [0, 0.05) is 18.6 Å². The third kappa shape index (κ3) is 3.45. The Kier molecular flexibility index (Phi) is 4.87. The van der Waals surface area contributed by atoms with Crippen LogP contribution in [0.1, 0.15) is 52.9 Å². The molecule has 1 heterocycles. The SMILES string of the molecule is CCNC1CCC(N2CCC(C)C(C)C2)CC1. The van der Waals surface area contributed by atoms with Crippen molar-refractivity contribution >= 4 is 0 Å². The van der Waals surface area contributed by atoms with E-state index in [0.717, 1.165) is 30.5 Å². The van der Waals surface area contributed by atoms with E-state index in [4.69, 9.17) is 0 Å². The summed E-state index contributed by atoms with van der Waals surface area (Å²) >= 11 is 0. The predicted molar refractivity (Wildman–Crippen MR) is 74.2 cm³/mol. The Morgan fingerprint density at radius 3 is 2.29 bits per heavy atom. The molecule has 1 aliphatic heterocycles. The van der Waals surface area contributed by atoms with Gasteiger partial charge in [0.15, 0.2) is 0 Å². The summed E-state index contributed by atoms with van der Waals surface area (Å²) in [4.78, 5) is 2.78. The lowest BCUT2D eigenvalue weighted by Crippen LogP contribution is -2.47. The number of hydrogen-bond donors (Lipinski definition) is 1. The van der Waals surface area contributed by atoms with E-state index in [1.165, 1.54) is 45.2 Å². The first kappa shape index (κ1) is 13.4. The first-order valence-corrected chi connectivity index (χ1v) is 7.68. The number of rotatable bonds is 3. The van der Waals surface area contributed by atoms with Crippen molar-refractivity contribution in [3.05, 3.63) is 0 Å². The lowest BCUT2D eigenvalue weighted by atomic mass is 9.84. The number of nitrogens with zero attached hydrogens (tertiary/aromatic N) is 1. The minimum absolute atomic E-state index is 0.803. The fourth-order valence-corrected chi connectivity index (χ4v) is 3.56. The molecule has 0 radical (unpaired) electrons. The maximum Gasteiger partial charge on any atom is 0.00965 e. The molecule has 0 spiro atoms. The van der Waals surface area contributed by atoms with Gasteiger partial charge in [0.05, 0.1) is 0 Å². The van der Waals surface area contributed by atoms with E-state index in [1.54, 1.807) is 0 Å². The Bertz CT molecular complexity index is 221. The zero-order valence-electron chi connectivity index (χ0n) is 11.9. The van der Waals surface area contributed by atoms with Crippen LogP contribution in [0.25, 0.3) is 0 Å². The first-order chi connectivity index (χ1) is 8.20. The Morgan fingerprint density at radius 2 is 1.71 bits per heavy atom. The highest BCUT2D eigenvalue weighted by Gasteiger charge is 2.30. The molecule has 17 heavy (non-hydrogen) atoms. The van der Waals surface area contributed by atoms with E-state index in [1.807, 2.05) is 0 Å². The van der Waals surface area contributed by atoms with Crippen LogP contribution in [0.3, 0.4) is 0 Å². The molecule has 2 nitrogen and oxygen atoms in total. The van der Waals surface area contributed by atoms with Crippen LogP contribution in [0, 0.1) is 11.8 Å². The third-order valence-corrected chi connectivity index (χ3v) is 5.07. The van der Waals surface area contributed by atoms with E-state index < -0.39 is 0 Å². The normalized spacial score (nSPS) is 40.4. The minimum Gasteiger partial charge on any atom is -0.314 e. The maximum absolute atomic E-state index is 3.61. The molecule has 1 aliphatic carbocycles. The highest BCUT2D eigenvalue weighted by Crippen LogP contribution is 2.29. The molecule has 100 valence electrons. The maximum atomic E-state index is 3.61. The van der Waals surface area contributed by atoms with Gasteiger partial charge < -0.3 is 10.2 Å². The topological polar surface area (TPSA) is 15.3 Å². The largest absolute Gasteiger partial charge is 0.314 e. The zero-order valence-corrected chi connectivity index (χ0v) is 11.9. The van der Waals surface area contributed by atoms with Crippen molar-refractivity contribution in [2.75, 3.05) is 19.6 Å². The van der Waals surface area contributed by atoms with Crippen LogP contribution in [0.15, 0.2) is 0 Å². The molecule has 2 aliphatic rings. The highest BCUT2D eigenvalue weighted by atomic mass is 15.2. The molecule has 0 amide bonds. The van der Waals surface area contributed by atoms with Gasteiger partial charge in [0.2, 0.25) is 0 Å². The van der Waals surface area contributed by atoms with Gasteiger partial charge in [-0.15, -0.1) is 0 Å². The lowest BCUT2D eigenvalue weighted by Gasteiger charge is -2.43. The highest BCUT2D eigenvalue weighted by molar-refractivity contribution is 4.86. The molecular formula is C15H30N2. The minimum atomic E-state index is 0.803. The van der Waals surface area contributed by atoms with Crippen molar-refractivity contribution in [3.63, 3.8) is 0 Å². The van der Waals surface area contributed by atoms with Crippen molar-refractivity contribution in [1.82, 2.24) is 10.2 Å². The van der Waals surface area contributed by atoms with Gasteiger partial charge in [-0.1, -0.05) is 20.8 Å². The Hall–Kier alpha value is -0.0800. The molecule has 0 bridgehead atoms. The lowest BCUT2D eigenvalue weighted by molar-refractivity contribution is 0.0715. The van der Waals surface area contributed by atoms with Crippen LogP contribution >= 0.6 is 0 Å². The van der Waals surface area contributed by atoms with Crippen LogP contribution in [0.5, 0.6) is 0 Å². The molecule has 1 saturated heterocycles. The molecule has 1 N–H and O–H groups in total. The second-order valence-corrected chi connectivity index (χ2v) is 6.30. The summed E-state index contributed by atoms with van der Waals surface area (Å²) in [7, 11) is 0. The van der Waals surface area contributed by atoms with E-state index >= 15 is 0 Å². The summed E-state index contributed by atoms with van der Waals surface area (Å²) in [5.41, 5.74) is 0. The Morgan fingerprint density at radius 1 is 1.00 bits per heavy atom. The smallest absolute Gasteiger partial charge is 0.00965 e. The fraction of sp³-hybridized carbons (Fsp3) is 1.00. The van der Waals surface area contributed by atoms with Crippen molar-refractivity contribution < 1.29 is 0 Å². The van der Waals surface area contributed by atoms with E-state index in [9.17, 15) is 0 Å². The van der Waals surface area contributed by atoms with Gasteiger partial charge in [0.1, 0.15) is 0 Å². The average molecular weight is 238 g/mol. The summed E-state index contributed by atoms with van der Waals surface area (Å²) in [5.74, 6) is 1.83. The van der Waals surface area contributed by atoms with Crippen molar-refractivity contribution in [1.29, 1.82) is 0 Å². The summed E-state index contributed by atoms with van der Waals surface area (Å²) in [5, 5.41) is 3.61. The van der Waals surface area contributed by atoms with Crippen molar-refractivity contribution in [2.45, 2.75) is 65.0 Å². The van der Waals surface area contributed by atoms with Gasteiger partial charge in [-0.25, -0.2) is 0 Å². The van der Waals surface area contributed by atoms with Gasteiger partial charge in [-0.3, -0.25) is 0 Å². The molecule has 0 aromatic carbocycles. The monoisotopic (exact) mass is 238 g/mol. The molecule has 2 unspecified atom stereocenters.